The third-order valence-corrected chi connectivity index (χ3v) is 3.26. The standard InChI is InChI=1S/C13H11N3S/c1-2-7-12(8-3-1)17-16-14-10-11-6-4-5-9-13(11)15-16/h1-10,15H. The number of para-hydroxylation sites is 1. The molecule has 1 aliphatic rings. The Hall–Kier alpha value is -1.94. The van der Waals surface area contributed by atoms with Gasteiger partial charge in [-0.1, -0.05) is 36.4 Å². The molecular formula is C13H11N3S. The van der Waals surface area contributed by atoms with E-state index in [1.54, 1.807) is 16.5 Å². The first-order chi connectivity index (χ1) is 8.42. The van der Waals surface area contributed by atoms with Crippen molar-refractivity contribution >= 4 is 23.8 Å². The van der Waals surface area contributed by atoms with Gasteiger partial charge in [0, 0.05) is 22.4 Å². The molecule has 3 rings (SSSR count). The zero-order valence-corrected chi connectivity index (χ0v) is 9.89. The van der Waals surface area contributed by atoms with Crippen LogP contribution in [0.3, 0.4) is 0 Å². The Morgan fingerprint density at radius 2 is 1.71 bits per heavy atom. The largest absolute Gasteiger partial charge is 0.271 e. The molecule has 0 aromatic heterocycles. The van der Waals surface area contributed by atoms with Crippen molar-refractivity contribution in [2.45, 2.75) is 4.90 Å². The van der Waals surface area contributed by atoms with E-state index in [2.05, 4.69) is 22.7 Å². The minimum atomic E-state index is 1.07. The van der Waals surface area contributed by atoms with Gasteiger partial charge in [0.25, 0.3) is 0 Å². The number of fused-ring (bicyclic) bond motifs is 1. The number of hydrogen-bond acceptors (Lipinski definition) is 4. The summed E-state index contributed by atoms with van der Waals surface area (Å²) >= 11 is 1.55. The van der Waals surface area contributed by atoms with Gasteiger partial charge in [0.1, 0.15) is 0 Å². The predicted molar refractivity (Wildman–Crippen MR) is 71.8 cm³/mol. The van der Waals surface area contributed by atoms with Gasteiger partial charge in [-0.15, -0.1) is 4.52 Å². The summed E-state index contributed by atoms with van der Waals surface area (Å²) in [7, 11) is 0. The average molecular weight is 241 g/mol. The Labute approximate surface area is 104 Å². The molecule has 2 aromatic carbocycles. The van der Waals surface area contributed by atoms with E-state index in [-0.39, 0.29) is 0 Å². The third-order valence-electron chi connectivity index (χ3n) is 2.41. The van der Waals surface area contributed by atoms with Crippen molar-refractivity contribution in [3.05, 3.63) is 60.2 Å². The average Bonchev–Trinajstić information content (AvgIpc) is 2.40. The van der Waals surface area contributed by atoms with Crippen LogP contribution in [0.15, 0.2) is 64.6 Å². The number of hydrogen-bond donors (Lipinski definition) is 1. The first-order valence-corrected chi connectivity index (χ1v) is 6.12. The molecule has 0 atom stereocenters. The summed E-state index contributed by atoms with van der Waals surface area (Å²) in [5.41, 5.74) is 5.43. The van der Waals surface area contributed by atoms with Crippen LogP contribution in [0.25, 0.3) is 0 Å². The van der Waals surface area contributed by atoms with Crippen molar-refractivity contribution in [1.29, 1.82) is 0 Å². The van der Waals surface area contributed by atoms with Crippen LogP contribution in [0.1, 0.15) is 5.56 Å². The summed E-state index contributed by atoms with van der Waals surface area (Å²) in [5.74, 6) is 0. The van der Waals surface area contributed by atoms with E-state index in [9.17, 15) is 0 Å². The van der Waals surface area contributed by atoms with Crippen LogP contribution in [0.5, 0.6) is 0 Å². The Morgan fingerprint density at radius 3 is 2.59 bits per heavy atom. The van der Waals surface area contributed by atoms with E-state index in [1.807, 2.05) is 48.7 Å². The van der Waals surface area contributed by atoms with Crippen molar-refractivity contribution in [2.24, 2.45) is 5.10 Å². The van der Waals surface area contributed by atoms with Gasteiger partial charge in [-0.2, -0.15) is 5.10 Å². The molecule has 0 fully saturated rings. The number of anilines is 1. The second kappa shape index (κ2) is 4.51. The SMILES string of the molecule is C1=NN(Sc2ccccc2)Nc2ccccc21. The molecule has 0 radical (unpaired) electrons. The van der Waals surface area contributed by atoms with Gasteiger partial charge < -0.3 is 0 Å². The monoisotopic (exact) mass is 241 g/mol. The second-order valence-corrected chi connectivity index (χ2v) is 4.62. The van der Waals surface area contributed by atoms with Crippen LogP contribution in [0.2, 0.25) is 0 Å². The summed E-state index contributed by atoms with van der Waals surface area (Å²) in [5, 5.41) is 4.33. The topological polar surface area (TPSA) is 27.6 Å². The fourth-order valence-electron chi connectivity index (χ4n) is 1.59. The van der Waals surface area contributed by atoms with E-state index >= 15 is 0 Å². The van der Waals surface area contributed by atoms with Crippen molar-refractivity contribution < 1.29 is 0 Å². The van der Waals surface area contributed by atoms with Gasteiger partial charge in [-0.25, -0.2) is 0 Å². The summed E-state index contributed by atoms with van der Waals surface area (Å²) in [6, 6.07) is 18.3. The van der Waals surface area contributed by atoms with Gasteiger partial charge >= 0.3 is 0 Å². The number of hydrazone groups is 1. The molecule has 0 saturated heterocycles. The molecule has 0 amide bonds. The van der Waals surface area contributed by atoms with Crippen LogP contribution >= 0.6 is 11.9 Å². The number of nitrogens with zero attached hydrogens (tertiary/aromatic N) is 2. The molecule has 0 unspecified atom stereocenters. The lowest BCUT2D eigenvalue weighted by atomic mass is 10.2. The third kappa shape index (κ3) is 2.26. The quantitative estimate of drug-likeness (QED) is 0.817. The molecule has 1 heterocycles. The molecule has 84 valence electrons. The number of hydrazine groups is 1. The lowest BCUT2D eigenvalue weighted by Crippen LogP contribution is -2.21. The van der Waals surface area contributed by atoms with E-state index in [1.165, 1.54) is 0 Å². The summed E-state index contributed by atoms with van der Waals surface area (Å²) in [6.07, 6.45) is 1.86. The van der Waals surface area contributed by atoms with Crippen molar-refractivity contribution in [2.75, 3.05) is 5.43 Å². The second-order valence-electron chi connectivity index (χ2n) is 3.62. The predicted octanol–water partition coefficient (Wildman–Crippen LogP) is 3.37. The molecule has 0 aliphatic carbocycles. The summed E-state index contributed by atoms with van der Waals surface area (Å²) in [6.45, 7) is 0. The van der Waals surface area contributed by atoms with Gasteiger partial charge in [-0.3, -0.25) is 5.43 Å². The first kappa shape index (κ1) is 10.2. The van der Waals surface area contributed by atoms with Crippen LogP contribution in [0, 0.1) is 0 Å². The van der Waals surface area contributed by atoms with E-state index < -0.39 is 0 Å². The highest BCUT2D eigenvalue weighted by atomic mass is 32.2. The van der Waals surface area contributed by atoms with Crippen molar-refractivity contribution in [3.63, 3.8) is 0 Å². The molecular weight excluding hydrogens is 230 g/mol. The zero-order valence-electron chi connectivity index (χ0n) is 9.08. The number of nitrogens with one attached hydrogen (secondary N) is 1. The molecule has 0 bridgehead atoms. The lowest BCUT2D eigenvalue weighted by Gasteiger charge is -2.23. The van der Waals surface area contributed by atoms with Crippen LogP contribution in [-0.2, 0) is 0 Å². The molecule has 0 spiro atoms. The van der Waals surface area contributed by atoms with Gasteiger partial charge in [-0.05, 0) is 18.2 Å². The molecule has 17 heavy (non-hydrogen) atoms. The van der Waals surface area contributed by atoms with Gasteiger partial charge in [0.05, 0.1) is 11.9 Å². The lowest BCUT2D eigenvalue weighted by molar-refractivity contribution is 0.599. The maximum atomic E-state index is 4.33. The molecule has 1 aliphatic heterocycles. The van der Waals surface area contributed by atoms with Gasteiger partial charge in [0.2, 0.25) is 0 Å². The Bertz CT molecular complexity index is 539. The molecule has 4 heteroatoms. The normalized spacial score (nSPS) is 13.1. The van der Waals surface area contributed by atoms with Crippen molar-refractivity contribution in [1.82, 2.24) is 4.52 Å². The minimum Gasteiger partial charge on any atom is -0.271 e. The maximum absolute atomic E-state index is 4.33. The number of rotatable bonds is 2. The van der Waals surface area contributed by atoms with Crippen LogP contribution < -0.4 is 5.43 Å². The fourth-order valence-corrected chi connectivity index (χ4v) is 2.30. The summed E-state index contributed by atoms with van der Waals surface area (Å²) < 4.78 is 1.76. The first-order valence-electron chi connectivity index (χ1n) is 5.35. The highest BCUT2D eigenvalue weighted by molar-refractivity contribution is 7.97. The molecule has 2 aromatic rings. The molecule has 3 nitrogen and oxygen atoms in total. The Balaban J connectivity index is 1.77. The number of benzene rings is 2. The molecule has 1 N–H and O–H groups in total. The van der Waals surface area contributed by atoms with Crippen molar-refractivity contribution in [3.8, 4) is 0 Å². The highest BCUT2D eigenvalue weighted by Gasteiger charge is 2.10. The van der Waals surface area contributed by atoms with Crippen LogP contribution in [-0.4, -0.2) is 10.7 Å². The Morgan fingerprint density at radius 1 is 0.941 bits per heavy atom. The fraction of sp³-hybridized carbons (Fsp3) is 0. The van der Waals surface area contributed by atoms with E-state index in [4.69, 9.17) is 0 Å². The smallest absolute Gasteiger partial charge is 0.0656 e. The van der Waals surface area contributed by atoms with Gasteiger partial charge in [0.15, 0.2) is 0 Å². The van der Waals surface area contributed by atoms with E-state index in [0.29, 0.717) is 0 Å². The Kier molecular flexibility index (Phi) is 2.71. The minimum absolute atomic E-state index is 1.07. The summed E-state index contributed by atoms with van der Waals surface area (Å²) in [4.78, 5) is 1.15. The maximum Gasteiger partial charge on any atom is 0.0656 e. The van der Waals surface area contributed by atoms with E-state index in [0.717, 1.165) is 16.1 Å². The highest BCUT2D eigenvalue weighted by Crippen LogP contribution is 2.27. The van der Waals surface area contributed by atoms with Crippen LogP contribution in [0.4, 0.5) is 5.69 Å². The zero-order chi connectivity index (χ0) is 11.5. The molecule has 0 saturated carbocycles.